The lowest BCUT2D eigenvalue weighted by molar-refractivity contribution is -0.115. The molecule has 2 heterocycles. The molecule has 1 unspecified atom stereocenters. The Morgan fingerprint density at radius 2 is 1.81 bits per heavy atom. The molecule has 140 valence electrons. The molecule has 1 amide bonds. The molecule has 0 aliphatic rings. The second kappa shape index (κ2) is 8.35. The van der Waals surface area contributed by atoms with Crippen LogP contribution >= 0.6 is 11.8 Å². The average molecular weight is 382 g/mol. The van der Waals surface area contributed by atoms with Gasteiger partial charge in [0.25, 0.3) is 0 Å². The summed E-state index contributed by atoms with van der Waals surface area (Å²) >= 11 is 1.43. The van der Waals surface area contributed by atoms with Crippen LogP contribution in [0.4, 0.5) is 5.69 Å². The van der Waals surface area contributed by atoms with Crippen molar-refractivity contribution in [3.05, 3.63) is 53.9 Å². The van der Waals surface area contributed by atoms with Crippen LogP contribution in [0.1, 0.15) is 24.5 Å². The van der Waals surface area contributed by atoms with E-state index in [0.717, 1.165) is 28.2 Å². The maximum Gasteiger partial charge on any atom is 0.237 e. The zero-order valence-corrected chi connectivity index (χ0v) is 16.7. The zero-order chi connectivity index (χ0) is 19.4. The van der Waals surface area contributed by atoms with Crippen molar-refractivity contribution in [3.63, 3.8) is 0 Å². The molecular weight excluding hydrogens is 358 g/mol. The van der Waals surface area contributed by atoms with Crippen LogP contribution in [-0.2, 0) is 11.8 Å². The van der Waals surface area contributed by atoms with E-state index in [1.165, 1.54) is 11.8 Å². The van der Waals surface area contributed by atoms with Crippen molar-refractivity contribution in [2.75, 3.05) is 5.32 Å². The molecule has 0 radical (unpaired) electrons. The van der Waals surface area contributed by atoms with Crippen LogP contribution in [0.25, 0.3) is 11.4 Å². The predicted octanol–water partition coefficient (Wildman–Crippen LogP) is 4.00. The normalized spacial score (nSPS) is 12.0. The molecule has 7 heteroatoms. The third-order valence-corrected chi connectivity index (χ3v) is 5.81. The molecule has 27 heavy (non-hydrogen) atoms. The second-order valence-corrected chi connectivity index (χ2v) is 7.54. The Morgan fingerprint density at radius 1 is 1.15 bits per heavy atom. The zero-order valence-electron chi connectivity index (χ0n) is 15.9. The Labute approximate surface area is 163 Å². The topological polar surface area (TPSA) is 72.7 Å². The number of amides is 1. The van der Waals surface area contributed by atoms with Gasteiger partial charge in [-0.25, -0.2) is 0 Å². The van der Waals surface area contributed by atoms with Crippen LogP contribution < -0.4 is 5.32 Å². The first-order valence-electron chi connectivity index (χ1n) is 8.84. The van der Waals surface area contributed by atoms with E-state index in [-0.39, 0.29) is 11.2 Å². The van der Waals surface area contributed by atoms with E-state index in [2.05, 4.69) is 20.5 Å². The van der Waals surface area contributed by atoms with Gasteiger partial charge in [0.2, 0.25) is 5.91 Å². The third kappa shape index (κ3) is 4.19. The molecule has 3 rings (SSSR count). The number of pyridine rings is 1. The number of carbonyl (C=O) groups excluding carboxylic acids is 1. The fourth-order valence-electron chi connectivity index (χ4n) is 2.83. The highest BCUT2D eigenvalue weighted by Gasteiger charge is 2.22. The molecule has 0 aliphatic carbocycles. The van der Waals surface area contributed by atoms with Gasteiger partial charge in [0.15, 0.2) is 11.0 Å². The fraction of sp³-hybridized carbons (Fsp3) is 0.300. The highest BCUT2D eigenvalue weighted by Crippen LogP contribution is 2.28. The van der Waals surface area contributed by atoms with E-state index >= 15 is 0 Å². The average Bonchev–Trinajstić information content (AvgIpc) is 3.03. The van der Waals surface area contributed by atoms with Gasteiger partial charge in [-0.05, 0) is 43.5 Å². The van der Waals surface area contributed by atoms with Gasteiger partial charge in [-0.3, -0.25) is 9.78 Å². The van der Waals surface area contributed by atoms with Gasteiger partial charge >= 0.3 is 0 Å². The van der Waals surface area contributed by atoms with Gasteiger partial charge in [0, 0.05) is 30.7 Å². The molecule has 0 spiro atoms. The first-order chi connectivity index (χ1) is 13.0. The van der Waals surface area contributed by atoms with Crippen molar-refractivity contribution >= 4 is 23.4 Å². The second-order valence-electron chi connectivity index (χ2n) is 6.37. The van der Waals surface area contributed by atoms with Crippen LogP contribution in [-0.4, -0.2) is 30.9 Å². The van der Waals surface area contributed by atoms with Crippen LogP contribution in [0, 0.1) is 13.8 Å². The summed E-state index contributed by atoms with van der Waals surface area (Å²) in [6.45, 7) is 6.00. The molecule has 0 saturated heterocycles. The molecule has 1 N–H and O–H groups in total. The number of carbonyl (C=O) groups is 1. The van der Waals surface area contributed by atoms with Gasteiger partial charge in [0.05, 0.1) is 5.25 Å². The first kappa shape index (κ1) is 19.1. The van der Waals surface area contributed by atoms with E-state index in [1.807, 2.05) is 62.7 Å². The van der Waals surface area contributed by atoms with Crippen molar-refractivity contribution in [2.24, 2.45) is 7.05 Å². The summed E-state index contributed by atoms with van der Waals surface area (Å²) in [5.74, 6) is 0.735. The molecule has 6 nitrogen and oxygen atoms in total. The third-order valence-electron chi connectivity index (χ3n) is 4.41. The van der Waals surface area contributed by atoms with Gasteiger partial charge in [-0.1, -0.05) is 36.9 Å². The summed E-state index contributed by atoms with van der Waals surface area (Å²) in [5.41, 5.74) is 3.94. The summed E-state index contributed by atoms with van der Waals surface area (Å²) in [4.78, 5) is 16.9. The van der Waals surface area contributed by atoms with Crippen molar-refractivity contribution < 1.29 is 4.79 Å². The number of rotatable bonds is 6. The number of para-hydroxylation sites is 1. The van der Waals surface area contributed by atoms with Crippen molar-refractivity contribution in [3.8, 4) is 11.4 Å². The van der Waals surface area contributed by atoms with E-state index < -0.39 is 0 Å². The minimum Gasteiger partial charge on any atom is -0.325 e. The Bertz CT molecular complexity index is 919. The minimum absolute atomic E-state index is 0.0200. The number of nitrogens with zero attached hydrogens (tertiary/aromatic N) is 4. The monoisotopic (exact) mass is 381 g/mol. The Kier molecular flexibility index (Phi) is 5.91. The van der Waals surface area contributed by atoms with Crippen molar-refractivity contribution in [1.29, 1.82) is 0 Å². The van der Waals surface area contributed by atoms with Gasteiger partial charge in [-0.15, -0.1) is 10.2 Å². The molecule has 0 fully saturated rings. The van der Waals surface area contributed by atoms with E-state index in [1.54, 1.807) is 12.4 Å². The largest absolute Gasteiger partial charge is 0.325 e. The Balaban J connectivity index is 1.77. The number of benzene rings is 1. The summed E-state index contributed by atoms with van der Waals surface area (Å²) in [5, 5.41) is 12.1. The summed E-state index contributed by atoms with van der Waals surface area (Å²) < 4.78 is 1.91. The van der Waals surface area contributed by atoms with Crippen LogP contribution in [0.3, 0.4) is 0 Å². The summed E-state index contributed by atoms with van der Waals surface area (Å²) in [7, 11) is 1.91. The highest BCUT2D eigenvalue weighted by atomic mass is 32.2. The van der Waals surface area contributed by atoms with Gasteiger partial charge in [-0.2, -0.15) is 0 Å². The number of anilines is 1. The van der Waals surface area contributed by atoms with Crippen molar-refractivity contribution in [2.45, 2.75) is 37.6 Å². The molecule has 2 aromatic heterocycles. The first-order valence-corrected chi connectivity index (χ1v) is 9.72. The molecular formula is C20H23N5OS. The standard InChI is InChI=1S/C20H23N5OS/c1-5-16(19(26)22-17-13(2)7-6-8-14(17)3)27-20-24-23-18(25(20)4)15-9-11-21-12-10-15/h6-12,16H,5H2,1-4H3,(H,22,26). The van der Waals surface area contributed by atoms with Crippen LogP contribution in [0.15, 0.2) is 47.9 Å². The Morgan fingerprint density at radius 3 is 2.44 bits per heavy atom. The lowest BCUT2D eigenvalue weighted by atomic mass is 10.1. The summed E-state index contributed by atoms with van der Waals surface area (Å²) in [6.07, 6.45) is 4.15. The molecule has 1 aromatic carbocycles. The number of nitrogens with one attached hydrogen (secondary N) is 1. The number of thioether (sulfide) groups is 1. The predicted molar refractivity (Wildman–Crippen MR) is 109 cm³/mol. The van der Waals surface area contributed by atoms with E-state index in [0.29, 0.717) is 11.6 Å². The van der Waals surface area contributed by atoms with Crippen LogP contribution in [0.2, 0.25) is 0 Å². The number of aromatic nitrogens is 4. The number of hydrogen-bond donors (Lipinski definition) is 1. The number of hydrogen-bond acceptors (Lipinski definition) is 5. The summed E-state index contributed by atoms with van der Waals surface area (Å²) in [6, 6.07) is 9.78. The quantitative estimate of drug-likeness (QED) is 0.653. The highest BCUT2D eigenvalue weighted by molar-refractivity contribution is 8.00. The smallest absolute Gasteiger partial charge is 0.237 e. The Hall–Kier alpha value is -2.67. The van der Waals surface area contributed by atoms with E-state index in [9.17, 15) is 4.79 Å². The molecule has 0 aliphatic heterocycles. The van der Waals surface area contributed by atoms with Gasteiger partial charge in [0.1, 0.15) is 0 Å². The lowest BCUT2D eigenvalue weighted by Gasteiger charge is -2.17. The number of aryl methyl sites for hydroxylation is 2. The SMILES string of the molecule is CCC(Sc1nnc(-c2ccncc2)n1C)C(=O)Nc1c(C)cccc1C. The molecule has 1 atom stereocenters. The van der Waals surface area contributed by atoms with Crippen LogP contribution in [0.5, 0.6) is 0 Å². The molecule has 0 saturated carbocycles. The lowest BCUT2D eigenvalue weighted by Crippen LogP contribution is -2.25. The molecule has 0 bridgehead atoms. The van der Waals surface area contributed by atoms with Crippen molar-refractivity contribution in [1.82, 2.24) is 19.7 Å². The maximum absolute atomic E-state index is 12.8. The van der Waals surface area contributed by atoms with Gasteiger partial charge < -0.3 is 9.88 Å². The maximum atomic E-state index is 12.8. The fourth-order valence-corrected chi connectivity index (χ4v) is 3.75. The molecule has 3 aromatic rings. The minimum atomic E-state index is -0.253. The van der Waals surface area contributed by atoms with E-state index in [4.69, 9.17) is 0 Å².